The summed E-state index contributed by atoms with van der Waals surface area (Å²) in [5, 5.41) is 6.09. The van der Waals surface area contributed by atoms with Gasteiger partial charge in [0.25, 0.3) is 0 Å². The van der Waals surface area contributed by atoms with E-state index >= 15 is 0 Å². The number of carbonyl (C=O) groups is 2. The summed E-state index contributed by atoms with van der Waals surface area (Å²) in [6.45, 7) is 2.60. The second-order valence-electron chi connectivity index (χ2n) is 6.82. The highest BCUT2D eigenvalue weighted by Gasteiger charge is 2.25. The van der Waals surface area contributed by atoms with Crippen LogP contribution in [-0.2, 0) is 14.3 Å². The van der Waals surface area contributed by atoms with Crippen molar-refractivity contribution >= 4 is 29.3 Å². The van der Waals surface area contributed by atoms with E-state index in [-0.39, 0.29) is 12.1 Å². The fourth-order valence-corrected chi connectivity index (χ4v) is 4.61. The van der Waals surface area contributed by atoms with E-state index in [1.165, 1.54) is 30.6 Å². The van der Waals surface area contributed by atoms with E-state index < -0.39 is 11.8 Å². The lowest BCUT2D eigenvalue weighted by Crippen LogP contribution is -2.45. The minimum atomic E-state index is -0.638. The number of ether oxygens (including phenoxy) is 1. The molecule has 1 aliphatic heterocycles. The van der Waals surface area contributed by atoms with Crippen molar-refractivity contribution in [2.24, 2.45) is 0 Å². The highest BCUT2D eigenvalue weighted by atomic mass is 32.2. The van der Waals surface area contributed by atoms with Crippen LogP contribution in [0.25, 0.3) is 0 Å². The minimum absolute atomic E-state index is 0.00338. The first-order chi connectivity index (χ1) is 12.1. The summed E-state index contributed by atoms with van der Waals surface area (Å²) in [6, 6.07) is 7.56. The summed E-state index contributed by atoms with van der Waals surface area (Å²) >= 11 is 1.90. The maximum Gasteiger partial charge on any atom is 0.313 e. The van der Waals surface area contributed by atoms with Crippen LogP contribution in [0.2, 0.25) is 0 Å². The summed E-state index contributed by atoms with van der Waals surface area (Å²) in [5.41, 5.74) is 0.640. The van der Waals surface area contributed by atoms with E-state index in [4.69, 9.17) is 4.74 Å². The molecule has 2 atom stereocenters. The molecule has 1 saturated carbocycles. The molecule has 0 aromatic heterocycles. The van der Waals surface area contributed by atoms with Gasteiger partial charge in [0.1, 0.15) is 0 Å². The van der Waals surface area contributed by atoms with Crippen molar-refractivity contribution < 1.29 is 14.3 Å². The molecule has 0 bridgehead atoms. The van der Waals surface area contributed by atoms with Crippen LogP contribution < -0.4 is 10.6 Å². The third-order valence-corrected chi connectivity index (χ3v) is 6.15. The number of nitrogens with one attached hydrogen (secondary N) is 2. The van der Waals surface area contributed by atoms with Gasteiger partial charge in [-0.2, -0.15) is 0 Å². The van der Waals surface area contributed by atoms with Crippen LogP contribution in [0.5, 0.6) is 0 Å². The first-order valence-corrected chi connectivity index (χ1v) is 10.00. The Bertz CT molecular complexity index is 593. The van der Waals surface area contributed by atoms with Crippen molar-refractivity contribution in [3.63, 3.8) is 0 Å². The minimum Gasteiger partial charge on any atom is -0.376 e. The fourth-order valence-electron chi connectivity index (χ4n) is 3.37. The number of rotatable bonds is 5. The third-order valence-electron chi connectivity index (χ3n) is 4.80. The van der Waals surface area contributed by atoms with Crippen LogP contribution in [0.1, 0.15) is 45.4 Å². The summed E-state index contributed by atoms with van der Waals surface area (Å²) in [6.07, 6.45) is 7.14. The molecule has 1 heterocycles. The number of amides is 2. The summed E-state index contributed by atoms with van der Waals surface area (Å²) < 4.78 is 5.53. The van der Waals surface area contributed by atoms with E-state index in [1.54, 1.807) is 0 Å². The molecule has 136 valence electrons. The molecule has 2 fully saturated rings. The molecule has 3 rings (SSSR count). The van der Waals surface area contributed by atoms with Crippen LogP contribution in [0.15, 0.2) is 29.2 Å². The standard InChI is InChI=1S/C19H26N2O3S/c1-13(17-7-4-12-24-17)20-18(22)19(23)21-14-8-10-16(11-9-14)25-15-5-2-3-6-15/h8-11,13,15,17H,2-7,12H2,1H3,(H,20,22)(H,21,23). The Morgan fingerprint density at radius 1 is 1.08 bits per heavy atom. The Morgan fingerprint density at radius 3 is 2.44 bits per heavy atom. The highest BCUT2D eigenvalue weighted by molar-refractivity contribution is 8.00. The van der Waals surface area contributed by atoms with Crippen molar-refractivity contribution in [2.75, 3.05) is 11.9 Å². The first kappa shape index (κ1) is 18.3. The van der Waals surface area contributed by atoms with E-state index in [0.29, 0.717) is 10.9 Å². The Kier molecular flexibility index (Phi) is 6.37. The topological polar surface area (TPSA) is 67.4 Å². The molecule has 1 aromatic rings. The van der Waals surface area contributed by atoms with Crippen molar-refractivity contribution in [3.8, 4) is 0 Å². The van der Waals surface area contributed by atoms with Gasteiger partial charge in [-0.15, -0.1) is 11.8 Å². The van der Waals surface area contributed by atoms with Gasteiger partial charge in [0.2, 0.25) is 0 Å². The van der Waals surface area contributed by atoms with E-state index in [2.05, 4.69) is 10.6 Å². The molecular formula is C19H26N2O3S. The van der Waals surface area contributed by atoms with Gasteiger partial charge in [-0.1, -0.05) is 12.8 Å². The fraction of sp³-hybridized carbons (Fsp3) is 0.579. The molecule has 1 aliphatic carbocycles. The van der Waals surface area contributed by atoms with Gasteiger partial charge in [-0.05, 0) is 56.9 Å². The van der Waals surface area contributed by atoms with Crippen LogP contribution in [-0.4, -0.2) is 35.8 Å². The molecular weight excluding hydrogens is 336 g/mol. The van der Waals surface area contributed by atoms with Crippen LogP contribution >= 0.6 is 11.8 Å². The van der Waals surface area contributed by atoms with Crippen molar-refractivity contribution in [2.45, 2.75) is 67.7 Å². The lowest BCUT2D eigenvalue weighted by Gasteiger charge is -2.19. The van der Waals surface area contributed by atoms with E-state index in [1.807, 2.05) is 43.0 Å². The number of benzene rings is 1. The summed E-state index contributed by atoms with van der Waals surface area (Å²) in [4.78, 5) is 25.3. The zero-order valence-corrected chi connectivity index (χ0v) is 15.4. The molecule has 1 saturated heterocycles. The molecule has 5 nitrogen and oxygen atoms in total. The average Bonchev–Trinajstić information content (AvgIpc) is 3.30. The maximum absolute atomic E-state index is 12.1. The predicted molar refractivity (Wildman–Crippen MR) is 99.8 cm³/mol. The van der Waals surface area contributed by atoms with Gasteiger partial charge in [0.15, 0.2) is 0 Å². The summed E-state index contributed by atoms with van der Waals surface area (Å²) in [7, 11) is 0. The van der Waals surface area contributed by atoms with Crippen LogP contribution in [0.4, 0.5) is 5.69 Å². The zero-order chi connectivity index (χ0) is 17.6. The molecule has 0 radical (unpaired) electrons. The van der Waals surface area contributed by atoms with Gasteiger partial charge >= 0.3 is 11.8 Å². The monoisotopic (exact) mass is 362 g/mol. The number of carbonyl (C=O) groups excluding carboxylic acids is 2. The second kappa shape index (κ2) is 8.72. The van der Waals surface area contributed by atoms with Crippen LogP contribution in [0, 0.1) is 0 Å². The smallest absolute Gasteiger partial charge is 0.313 e. The predicted octanol–water partition coefficient (Wildman–Crippen LogP) is 3.34. The lowest BCUT2D eigenvalue weighted by molar-refractivity contribution is -0.137. The summed E-state index contributed by atoms with van der Waals surface area (Å²) in [5.74, 6) is -1.26. The Labute approximate surface area is 153 Å². The largest absolute Gasteiger partial charge is 0.376 e. The van der Waals surface area contributed by atoms with Gasteiger partial charge < -0.3 is 15.4 Å². The van der Waals surface area contributed by atoms with Gasteiger partial charge in [-0.25, -0.2) is 0 Å². The molecule has 0 spiro atoms. The second-order valence-corrected chi connectivity index (χ2v) is 8.19. The van der Waals surface area contributed by atoms with E-state index in [0.717, 1.165) is 19.4 Å². The van der Waals surface area contributed by atoms with Crippen molar-refractivity contribution in [1.29, 1.82) is 0 Å². The SMILES string of the molecule is CC(NC(=O)C(=O)Nc1ccc(SC2CCCC2)cc1)C1CCCO1. The Morgan fingerprint density at radius 2 is 1.80 bits per heavy atom. The highest BCUT2D eigenvalue weighted by Crippen LogP contribution is 2.34. The zero-order valence-electron chi connectivity index (χ0n) is 14.6. The van der Waals surface area contributed by atoms with Gasteiger partial charge in [-0.3, -0.25) is 9.59 Å². The molecule has 2 amide bonds. The average molecular weight is 362 g/mol. The first-order valence-electron chi connectivity index (χ1n) is 9.12. The number of anilines is 1. The third kappa shape index (κ3) is 5.22. The number of hydrogen-bond donors (Lipinski definition) is 2. The molecule has 6 heteroatoms. The van der Waals surface area contributed by atoms with Gasteiger partial charge in [0.05, 0.1) is 12.1 Å². The number of hydrogen-bond acceptors (Lipinski definition) is 4. The van der Waals surface area contributed by atoms with Crippen molar-refractivity contribution in [1.82, 2.24) is 5.32 Å². The molecule has 1 aromatic carbocycles. The van der Waals surface area contributed by atoms with E-state index in [9.17, 15) is 9.59 Å². The molecule has 2 N–H and O–H groups in total. The molecule has 2 unspecified atom stereocenters. The molecule has 25 heavy (non-hydrogen) atoms. The molecule has 2 aliphatic rings. The quantitative estimate of drug-likeness (QED) is 0.789. The van der Waals surface area contributed by atoms with Gasteiger partial charge in [0, 0.05) is 22.4 Å². The van der Waals surface area contributed by atoms with Crippen LogP contribution in [0.3, 0.4) is 0 Å². The Hall–Kier alpha value is -1.53. The lowest BCUT2D eigenvalue weighted by atomic mass is 10.1. The van der Waals surface area contributed by atoms with Crippen molar-refractivity contribution in [3.05, 3.63) is 24.3 Å². The normalized spacial score (nSPS) is 21.9. The maximum atomic E-state index is 12.1. The Balaban J connectivity index is 1.47. The number of thioether (sulfide) groups is 1.